The van der Waals surface area contributed by atoms with E-state index in [4.69, 9.17) is 16.3 Å². The summed E-state index contributed by atoms with van der Waals surface area (Å²) >= 11 is 5.70. The minimum atomic E-state index is -5.54. The Balaban J connectivity index is 2.37. The first-order chi connectivity index (χ1) is 8.92. The minimum absolute atomic E-state index is 0.579. The van der Waals surface area contributed by atoms with E-state index in [9.17, 15) is 31.1 Å². The van der Waals surface area contributed by atoms with Gasteiger partial charge in [-0.15, -0.1) is 11.6 Å². The molecule has 2 fully saturated rings. The Labute approximate surface area is 114 Å². The van der Waals surface area contributed by atoms with Gasteiger partial charge < -0.3 is 4.74 Å². The highest BCUT2D eigenvalue weighted by Crippen LogP contribution is 2.58. The van der Waals surface area contributed by atoms with Crippen molar-refractivity contribution in [3.05, 3.63) is 0 Å². The standard InChI is InChI=1S/C10H10ClF6NO2/c1-3(19)20-5-2-4-6(11)7(5)18-8(4,9(12,13)14)10(15,16)17/h4-7,18H,2H2,1H3/t4-,5-,6+,7-/m0/s1. The number of halogens is 7. The summed E-state index contributed by atoms with van der Waals surface area (Å²) in [6.07, 6.45) is -12.7. The van der Waals surface area contributed by atoms with Gasteiger partial charge in [0.1, 0.15) is 6.10 Å². The van der Waals surface area contributed by atoms with E-state index in [1.54, 1.807) is 0 Å². The summed E-state index contributed by atoms with van der Waals surface area (Å²) in [5, 5.41) is 0.116. The summed E-state index contributed by atoms with van der Waals surface area (Å²) in [5.41, 5.74) is -4.05. The number of hydrogen-bond donors (Lipinski definition) is 1. The van der Waals surface area contributed by atoms with Gasteiger partial charge in [-0.05, 0) is 6.42 Å². The first-order valence-electron chi connectivity index (χ1n) is 5.64. The molecule has 1 saturated carbocycles. The molecule has 0 radical (unpaired) electrons. The molecule has 1 heterocycles. The number of hydrogen-bond acceptors (Lipinski definition) is 3. The molecule has 0 amide bonds. The van der Waals surface area contributed by atoms with Gasteiger partial charge in [0.2, 0.25) is 5.54 Å². The van der Waals surface area contributed by atoms with Gasteiger partial charge in [0.15, 0.2) is 0 Å². The molecule has 20 heavy (non-hydrogen) atoms. The van der Waals surface area contributed by atoms with Crippen LogP contribution >= 0.6 is 11.6 Å². The second-order valence-corrected chi connectivity index (χ2v) is 5.41. The Hall–Kier alpha value is -0.700. The van der Waals surface area contributed by atoms with Crippen LogP contribution in [0.15, 0.2) is 0 Å². The first-order valence-corrected chi connectivity index (χ1v) is 6.08. The van der Waals surface area contributed by atoms with E-state index in [0.717, 1.165) is 6.92 Å². The molecule has 1 N–H and O–H groups in total. The van der Waals surface area contributed by atoms with Crippen LogP contribution in [-0.4, -0.2) is 41.4 Å². The quantitative estimate of drug-likeness (QED) is 0.457. The van der Waals surface area contributed by atoms with Gasteiger partial charge >= 0.3 is 18.3 Å². The molecule has 0 aromatic rings. The molecule has 1 aliphatic carbocycles. The number of carbonyl (C=O) groups excluding carboxylic acids is 1. The Kier molecular flexibility index (Phi) is 3.45. The average Bonchev–Trinajstić information content (AvgIpc) is 2.66. The van der Waals surface area contributed by atoms with Crippen LogP contribution in [0.5, 0.6) is 0 Å². The van der Waals surface area contributed by atoms with Crippen LogP contribution in [0.25, 0.3) is 0 Å². The van der Waals surface area contributed by atoms with E-state index in [-0.39, 0.29) is 0 Å². The zero-order valence-electron chi connectivity index (χ0n) is 9.98. The highest BCUT2D eigenvalue weighted by Gasteiger charge is 2.81. The predicted octanol–water partition coefficient (Wildman–Crippen LogP) is 2.38. The molecule has 1 aliphatic heterocycles. The largest absolute Gasteiger partial charge is 0.461 e. The number of esters is 1. The molecule has 0 unspecified atom stereocenters. The second kappa shape index (κ2) is 4.40. The van der Waals surface area contributed by atoms with Crippen molar-refractivity contribution >= 4 is 17.6 Å². The number of rotatable bonds is 1. The van der Waals surface area contributed by atoms with Crippen LogP contribution < -0.4 is 5.32 Å². The average molecular weight is 326 g/mol. The fourth-order valence-corrected chi connectivity index (χ4v) is 3.54. The van der Waals surface area contributed by atoms with Crippen LogP contribution in [0.4, 0.5) is 26.3 Å². The number of ether oxygens (including phenoxy) is 1. The molecular weight excluding hydrogens is 316 g/mol. The van der Waals surface area contributed by atoms with E-state index in [0.29, 0.717) is 0 Å². The summed E-state index contributed by atoms with van der Waals surface area (Å²) < 4.78 is 82.6. The Morgan fingerprint density at radius 1 is 1.25 bits per heavy atom. The smallest absolute Gasteiger partial charge is 0.415 e. The third-order valence-electron chi connectivity index (χ3n) is 3.78. The zero-order chi connectivity index (χ0) is 15.5. The first kappa shape index (κ1) is 15.7. The van der Waals surface area contributed by atoms with E-state index < -0.39 is 53.7 Å². The lowest BCUT2D eigenvalue weighted by molar-refractivity contribution is -0.320. The lowest BCUT2D eigenvalue weighted by atomic mass is 9.82. The molecule has 1 saturated heterocycles. The second-order valence-electron chi connectivity index (χ2n) is 4.91. The van der Waals surface area contributed by atoms with Gasteiger partial charge in [-0.1, -0.05) is 0 Å². The molecule has 4 atom stereocenters. The van der Waals surface area contributed by atoms with Gasteiger partial charge in [0, 0.05) is 12.8 Å². The maximum absolute atomic E-state index is 13.0. The maximum Gasteiger partial charge on any atom is 0.415 e. The van der Waals surface area contributed by atoms with Crippen molar-refractivity contribution < 1.29 is 35.9 Å². The Morgan fingerprint density at radius 2 is 1.75 bits per heavy atom. The number of alkyl halides is 7. The van der Waals surface area contributed by atoms with Crippen molar-refractivity contribution in [2.24, 2.45) is 5.92 Å². The number of carbonyl (C=O) groups is 1. The summed E-state index contributed by atoms with van der Waals surface area (Å²) in [6.45, 7) is 1.02. The topological polar surface area (TPSA) is 38.3 Å². The van der Waals surface area contributed by atoms with Crippen LogP contribution in [0.3, 0.4) is 0 Å². The van der Waals surface area contributed by atoms with E-state index in [1.807, 2.05) is 0 Å². The van der Waals surface area contributed by atoms with Crippen molar-refractivity contribution in [1.29, 1.82) is 0 Å². The molecular formula is C10H10ClF6NO2. The summed E-state index contributed by atoms with van der Waals surface area (Å²) in [5.74, 6) is -2.71. The highest BCUT2D eigenvalue weighted by atomic mass is 35.5. The third kappa shape index (κ3) is 1.97. The molecule has 0 aromatic carbocycles. The normalized spacial score (nSPS) is 36.2. The van der Waals surface area contributed by atoms with E-state index >= 15 is 0 Å². The Bertz CT molecular complexity index is 409. The SMILES string of the molecule is CC(=O)O[C@H]1C[C@H]2[C@@H](Cl)[C@H]1NC2(C(F)(F)F)C(F)(F)F. The molecule has 0 aromatic heterocycles. The van der Waals surface area contributed by atoms with Gasteiger partial charge in [0.25, 0.3) is 0 Å². The minimum Gasteiger partial charge on any atom is -0.461 e. The van der Waals surface area contributed by atoms with E-state index in [1.165, 1.54) is 5.32 Å². The lowest BCUT2D eigenvalue weighted by Crippen LogP contribution is -2.70. The summed E-state index contributed by atoms with van der Waals surface area (Å²) in [6, 6.07) is -1.38. The molecule has 116 valence electrons. The van der Waals surface area contributed by atoms with Gasteiger partial charge in [-0.2, -0.15) is 26.3 Å². The van der Waals surface area contributed by atoms with Crippen LogP contribution in [0, 0.1) is 5.92 Å². The monoisotopic (exact) mass is 325 g/mol. The third-order valence-corrected chi connectivity index (χ3v) is 4.35. The highest BCUT2D eigenvalue weighted by molar-refractivity contribution is 6.22. The molecule has 2 bridgehead atoms. The molecule has 3 nitrogen and oxygen atoms in total. The van der Waals surface area contributed by atoms with Gasteiger partial charge in [-0.3, -0.25) is 10.1 Å². The molecule has 10 heteroatoms. The fraction of sp³-hybridized carbons (Fsp3) is 0.900. The molecule has 2 aliphatic rings. The zero-order valence-corrected chi connectivity index (χ0v) is 10.7. The van der Waals surface area contributed by atoms with Crippen LogP contribution in [0.2, 0.25) is 0 Å². The predicted molar refractivity (Wildman–Crippen MR) is 55.1 cm³/mol. The van der Waals surface area contributed by atoms with Crippen molar-refractivity contribution in [3.63, 3.8) is 0 Å². The van der Waals surface area contributed by atoms with Gasteiger partial charge in [-0.25, -0.2) is 0 Å². The van der Waals surface area contributed by atoms with E-state index in [2.05, 4.69) is 0 Å². The van der Waals surface area contributed by atoms with Crippen molar-refractivity contribution in [3.8, 4) is 0 Å². The number of nitrogens with one attached hydrogen (secondary N) is 1. The number of fused-ring (bicyclic) bond motifs is 2. The van der Waals surface area contributed by atoms with Crippen LogP contribution in [0.1, 0.15) is 13.3 Å². The van der Waals surface area contributed by atoms with Crippen molar-refractivity contribution in [1.82, 2.24) is 5.32 Å². The van der Waals surface area contributed by atoms with Crippen LogP contribution in [-0.2, 0) is 9.53 Å². The number of piperidine rings is 1. The maximum atomic E-state index is 13.0. The molecule has 0 spiro atoms. The van der Waals surface area contributed by atoms with Gasteiger partial charge in [0.05, 0.1) is 11.4 Å². The molecule has 2 rings (SSSR count). The Morgan fingerprint density at radius 3 is 2.05 bits per heavy atom. The van der Waals surface area contributed by atoms with Crippen molar-refractivity contribution in [2.45, 2.75) is 48.8 Å². The summed E-state index contributed by atoms with van der Waals surface area (Å²) in [4.78, 5) is 10.8. The summed E-state index contributed by atoms with van der Waals surface area (Å²) in [7, 11) is 0. The fourth-order valence-electron chi connectivity index (χ4n) is 3.02. The van der Waals surface area contributed by atoms with Crippen molar-refractivity contribution in [2.75, 3.05) is 0 Å². The lowest BCUT2D eigenvalue weighted by Gasteiger charge is -2.42.